The number of allylic oxidation sites excluding steroid dienone is 1. The number of carboxylic acids is 1. The number of carbonyl (C=O) groups is 1. The van der Waals surface area contributed by atoms with Gasteiger partial charge in [-0.25, -0.2) is 4.79 Å². The van der Waals surface area contributed by atoms with Gasteiger partial charge in [-0.15, -0.1) is 0 Å². The Hall–Kier alpha value is -3.09. The molecule has 2 heterocycles. The molecule has 0 saturated heterocycles. The van der Waals surface area contributed by atoms with Gasteiger partial charge in [0.1, 0.15) is 5.58 Å². The van der Waals surface area contributed by atoms with E-state index in [2.05, 4.69) is 0 Å². The van der Waals surface area contributed by atoms with Crippen LogP contribution in [0, 0.1) is 0 Å². The van der Waals surface area contributed by atoms with Crippen molar-refractivity contribution in [2.24, 2.45) is 0 Å². The van der Waals surface area contributed by atoms with E-state index in [9.17, 15) is 9.90 Å². The van der Waals surface area contributed by atoms with E-state index in [4.69, 9.17) is 19.0 Å². The van der Waals surface area contributed by atoms with Crippen LogP contribution in [0.25, 0.3) is 11.0 Å². The minimum Gasteiger partial charge on any atom is -0.475 e. The van der Waals surface area contributed by atoms with Gasteiger partial charge >= 0.3 is 5.97 Å². The van der Waals surface area contributed by atoms with E-state index in [1.165, 1.54) is 0 Å². The molecule has 0 amide bonds. The standard InChI is InChI=1S/C22H20O6/c23-11-14-5-7-15(8-6-14)12-27-21-10-16(9-20(28-21)22(24)25)18-13-26-19-4-2-1-3-17(18)19/h1-9,13,16,21,23H,10-12H2,(H,24,25)/t16-,21+/m1/s1. The van der Waals surface area contributed by atoms with Crippen LogP contribution in [0.2, 0.25) is 0 Å². The van der Waals surface area contributed by atoms with E-state index in [-0.39, 0.29) is 24.9 Å². The molecule has 1 aliphatic rings. The number of ether oxygens (including phenoxy) is 2. The molecule has 0 bridgehead atoms. The van der Waals surface area contributed by atoms with Gasteiger partial charge in [-0.05, 0) is 23.3 Å². The number of para-hydroxylation sites is 1. The first-order valence-electron chi connectivity index (χ1n) is 9.02. The van der Waals surface area contributed by atoms with Crippen LogP contribution in [0.1, 0.15) is 29.0 Å². The lowest BCUT2D eigenvalue weighted by atomic mass is 9.92. The molecular formula is C22H20O6. The van der Waals surface area contributed by atoms with E-state index < -0.39 is 12.3 Å². The summed E-state index contributed by atoms with van der Waals surface area (Å²) in [6.07, 6.45) is 3.07. The highest BCUT2D eigenvalue weighted by Gasteiger charge is 2.30. The smallest absolute Gasteiger partial charge is 0.370 e. The SMILES string of the molecule is O=C(O)C1=C[C@@H](c2coc3ccccc23)C[C@@H](OCc2ccc(CO)cc2)O1. The molecule has 2 aromatic carbocycles. The summed E-state index contributed by atoms with van der Waals surface area (Å²) in [5.41, 5.74) is 3.41. The van der Waals surface area contributed by atoms with Crippen molar-refractivity contribution in [3.05, 3.63) is 83.3 Å². The number of benzene rings is 2. The van der Waals surface area contributed by atoms with E-state index >= 15 is 0 Å². The minimum absolute atomic E-state index is 0.0139. The van der Waals surface area contributed by atoms with E-state index in [0.717, 1.165) is 27.7 Å². The van der Waals surface area contributed by atoms with Crippen molar-refractivity contribution in [3.63, 3.8) is 0 Å². The lowest BCUT2D eigenvalue weighted by Gasteiger charge is -2.28. The largest absolute Gasteiger partial charge is 0.475 e. The molecule has 6 nitrogen and oxygen atoms in total. The molecular weight excluding hydrogens is 360 g/mol. The normalized spacial score (nSPS) is 19.2. The number of furan rings is 1. The lowest BCUT2D eigenvalue weighted by molar-refractivity contribution is -0.159. The predicted octanol–water partition coefficient (Wildman–Crippen LogP) is 3.94. The first kappa shape index (κ1) is 18.3. The van der Waals surface area contributed by atoms with Gasteiger partial charge in [-0.2, -0.15) is 0 Å². The fourth-order valence-electron chi connectivity index (χ4n) is 3.34. The van der Waals surface area contributed by atoms with Crippen molar-refractivity contribution >= 4 is 16.9 Å². The van der Waals surface area contributed by atoms with Crippen molar-refractivity contribution in [1.82, 2.24) is 0 Å². The second-order valence-corrected chi connectivity index (χ2v) is 6.70. The Kier molecular flexibility index (Phi) is 5.14. The molecule has 1 aromatic heterocycles. The Morgan fingerprint density at radius 3 is 2.61 bits per heavy atom. The second kappa shape index (κ2) is 7.88. The molecule has 0 aliphatic carbocycles. The van der Waals surface area contributed by atoms with Crippen LogP contribution in [-0.4, -0.2) is 22.5 Å². The molecule has 0 saturated carbocycles. The first-order chi connectivity index (χ1) is 13.6. The summed E-state index contributed by atoms with van der Waals surface area (Å²) in [5.74, 6) is -1.44. The van der Waals surface area contributed by atoms with Crippen molar-refractivity contribution in [3.8, 4) is 0 Å². The lowest BCUT2D eigenvalue weighted by Crippen LogP contribution is -2.26. The van der Waals surface area contributed by atoms with Crippen molar-refractivity contribution in [2.75, 3.05) is 0 Å². The Balaban J connectivity index is 1.53. The number of hydrogen-bond acceptors (Lipinski definition) is 5. The van der Waals surface area contributed by atoms with Crippen LogP contribution in [0.3, 0.4) is 0 Å². The number of rotatable bonds is 6. The van der Waals surface area contributed by atoms with Gasteiger partial charge in [0, 0.05) is 23.3 Å². The molecule has 28 heavy (non-hydrogen) atoms. The number of hydrogen-bond donors (Lipinski definition) is 2. The molecule has 144 valence electrons. The van der Waals surface area contributed by atoms with E-state index in [1.807, 2.05) is 48.5 Å². The van der Waals surface area contributed by atoms with Gasteiger partial charge in [-0.3, -0.25) is 0 Å². The van der Waals surface area contributed by atoms with Gasteiger partial charge in [0.05, 0.1) is 19.5 Å². The summed E-state index contributed by atoms with van der Waals surface area (Å²) in [5, 5.41) is 19.5. The van der Waals surface area contributed by atoms with Crippen molar-refractivity contribution in [2.45, 2.75) is 31.8 Å². The molecule has 0 spiro atoms. The Morgan fingerprint density at radius 2 is 1.86 bits per heavy atom. The fraction of sp³-hybridized carbons (Fsp3) is 0.227. The van der Waals surface area contributed by atoms with Crippen LogP contribution in [0.4, 0.5) is 0 Å². The zero-order valence-corrected chi connectivity index (χ0v) is 15.1. The Labute approximate surface area is 161 Å². The van der Waals surface area contributed by atoms with Crippen molar-refractivity contribution < 1.29 is 28.9 Å². The van der Waals surface area contributed by atoms with Gasteiger partial charge < -0.3 is 24.1 Å². The van der Waals surface area contributed by atoms with Crippen LogP contribution in [-0.2, 0) is 27.5 Å². The molecule has 0 fully saturated rings. The quantitative estimate of drug-likeness (QED) is 0.673. The number of aliphatic carboxylic acids is 1. The van der Waals surface area contributed by atoms with Crippen LogP contribution in [0.5, 0.6) is 0 Å². The summed E-state index contributed by atoms with van der Waals surface area (Å²) in [6.45, 7) is 0.266. The maximum Gasteiger partial charge on any atom is 0.370 e. The average molecular weight is 380 g/mol. The summed E-state index contributed by atoms with van der Waals surface area (Å²) < 4.78 is 17.0. The maximum absolute atomic E-state index is 11.5. The number of aliphatic hydroxyl groups excluding tert-OH is 1. The third-order valence-corrected chi connectivity index (χ3v) is 4.82. The minimum atomic E-state index is -1.13. The summed E-state index contributed by atoms with van der Waals surface area (Å²) in [7, 11) is 0. The number of fused-ring (bicyclic) bond motifs is 1. The van der Waals surface area contributed by atoms with E-state index in [1.54, 1.807) is 12.3 Å². The second-order valence-electron chi connectivity index (χ2n) is 6.70. The predicted molar refractivity (Wildman–Crippen MR) is 101 cm³/mol. The summed E-state index contributed by atoms with van der Waals surface area (Å²) >= 11 is 0. The molecule has 2 atom stereocenters. The monoisotopic (exact) mass is 380 g/mol. The highest BCUT2D eigenvalue weighted by atomic mass is 16.7. The summed E-state index contributed by atoms with van der Waals surface area (Å²) in [4.78, 5) is 11.5. The zero-order valence-electron chi connectivity index (χ0n) is 15.1. The van der Waals surface area contributed by atoms with Gasteiger partial charge in [-0.1, -0.05) is 42.5 Å². The van der Waals surface area contributed by atoms with Crippen LogP contribution < -0.4 is 0 Å². The molecule has 0 unspecified atom stereocenters. The van der Waals surface area contributed by atoms with E-state index in [0.29, 0.717) is 6.42 Å². The summed E-state index contributed by atoms with van der Waals surface area (Å²) in [6, 6.07) is 15.0. The first-order valence-corrected chi connectivity index (χ1v) is 9.02. The van der Waals surface area contributed by atoms with Crippen LogP contribution >= 0.6 is 0 Å². The highest BCUT2D eigenvalue weighted by molar-refractivity contribution is 5.86. The fourth-order valence-corrected chi connectivity index (χ4v) is 3.34. The third-order valence-electron chi connectivity index (χ3n) is 4.82. The van der Waals surface area contributed by atoms with Gasteiger partial charge in [0.15, 0.2) is 0 Å². The topological polar surface area (TPSA) is 89.1 Å². The van der Waals surface area contributed by atoms with Crippen LogP contribution in [0.15, 0.2) is 71.0 Å². The Bertz CT molecular complexity index is 1000. The number of aliphatic hydroxyl groups is 1. The molecule has 2 N–H and O–H groups in total. The molecule has 4 rings (SSSR count). The van der Waals surface area contributed by atoms with Gasteiger partial charge in [0.25, 0.3) is 0 Å². The maximum atomic E-state index is 11.5. The number of carboxylic acid groups (broad SMARTS) is 1. The molecule has 0 radical (unpaired) electrons. The average Bonchev–Trinajstić information content (AvgIpc) is 3.16. The van der Waals surface area contributed by atoms with Gasteiger partial charge in [0.2, 0.25) is 12.0 Å². The highest BCUT2D eigenvalue weighted by Crippen LogP contribution is 2.36. The Morgan fingerprint density at radius 1 is 1.11 bits per heavy atom. The van der Waals surface area contributed by atoms with Crippen molar-refractivity contribution in [1.29, 1.82) is 0 Å². The molecule has 6 heteroatoms. The third kappa shape index (κ3) is 3.78. The zero-order chi connectivity index (χ0) is 19.5. The molecule has 3 aromatic rings. The molecule has 1 aliphatic heterocycles.